The summed E-state index contributed by atoms with van der Waals surface area (Å²) in [7, 11) is 0. The summed E-state index contributed by atoms with van der Waals surface area (Å²) in [5, 5.41) is 17.8. The van der Waals surface area contributed by atoms with E-state index in [1.54, 1.807) is 6.07 Å². The zero-order valence-corrected chi connectivity index (χ0v) is 15.5. The number of nitrogens with zero attached hydrogens (tertiary/aromatic N) is 3. The highest BCUT2D eigenvalue weighted by molar-refractivity contribution is 6.31. The maximum Gasteiger partial charge on any atom is 0.263 e. The third-order valence-corrected chi connectivity index (χ3v) is 4.11. The van der Waals surface area contributed by atoms with E-state index in [0.29, 0.717) is 47.3 Å². The summed E-state index contributed by atoms with van der Waals surface area (Å²) < 4.78 is 11.6. The van der Waals surface area contributed by atoms with Crippen molar-refractivity contribution in [3.05, 3.63) is 57.6 Å². The van der Waals surface area contributed by atoms with Crippen molar-refractivity contribution in [2.45, 2.75) is 20.1 Å². The second-order valence-corrected chi connectivity index (χ2v) is 6.17. The molecule has 1 aromatic heterocycles. The number of rotatable bonds is 8. The number of H-pyrrole nitrogens is 1. The Hall–Kier alpha value is -2.51. The number of nitrogens with one attached hydrogen (secondary N) is 2. The maximum atomic E-state index is 6.39. The van der Waals surface area contributed by atoms with Crippen molar-refractivity contribution in [3.63, 3.8) is 0 Å². The van der Waals surface area contributed by atoms with Gasteiger partial charge >= 0.3 is 0 Å². The number of ether oxygens (including phenoxy) is 2. The van der Waals surface area contributed by atoms with E-state index in [2.05, 4.69) is 25.9 Å². The number of benzene rings is 2. The highest BCUT2D eigenvalue weighted by Crippen LogP contribution is 2.34. The van der Waals surface area contributed by atoms with Crippen LogP contribution in [0.3, 0.4) is 0 Å². The summed E-state index contributed by atoms with van der Waals surface area (Å²) in [6.07, 6.45) is 0. The van der Waals surface area contributed by atoms with E-state index < -0.39 is 0 Å². The monoisotopic (exact) mass is 393 g/mol. The van der Waals surface area contributed by atoms with Crippen LogP contribution in [0.15, 0.2) is 36.4 Å². The standard InChI is InChI=1S/C17H17Cl2N5O2/c1-2-25-15-7-12(9-20-17-21-23-24-22-17)14(19)8-16(15)26-10-11-3-5-13(18)6-4-11/h3-8H,2,9-10H2,1H3,(H2,20,21,22,23,24). The zero-order chi connectivity index (χ0) is 18.4. The number of tetrazole rings is 1. The molecule has 0 radical (unpaired) electrons. The van der Waals surface area contributed by atoms with Crippen LogP contribution in [-0.2, 0) is 13.2 Å². The van der Waals surface area contributed by atoms with Gasteiger partial charge in [-0.3, -0.25) is 0 Å². The largest absolute Gasteiger partial charge is 0.490 e. The lowest BCUT2D eigenvalue weighted by molar-refractivity contribution is 0.269. The van der Waals surface area contributed by atoms with Crippen molar-refractivity contribution in [2.24, 2.45) is 0 Å². The zero-order valence-electron chi connectivity index (χ0n) is 14.0. The molecule has 2 aromatic carbocycles. The first-order valence-electron chi connectivity index (χ1n) is 7.95. The van der Waals surface area contributed by atoms with Gasteiger partial charge in [-0.25, -0.2) is 0 Å². The van der Waals surface area contributed by atoms with E-state index in [1.165, 1.54) is 0 Å². The molecular weight excluding hydrogens is 377 g/mol. The molecule has 0 atom stereocenters. The molecule has 0 aliphatic carbocycles. The van der Waals surface area contributed by atoms with Crippen LogP contribution in [0.1, 0.15) is 18.1 Å². The van der Waals surface area contributed by atoms with Gasteiger partial charge in [0.2, 0.25) is 0 Å². The topological polar surface area (TPSA) is 85.0 Å². The summed E-state index contributed by atoms with van der Waals surface area (Å²) in [6.45, 7) is 3.23. The minimum atomic E-state index is 0.383. The van der Waals surface area contributed by atoms with Gasteiger partial charge in [-0.2, -0.15) is 5.21 Å². The van der Waals surface area contributed by atoms with E-state index in [9.17, 15) is 0 Å². The van der Waals surface area contributed by atoms with Crippen molar-refractivity contribution in [2.75, 3.05) is 11.9 Å². The molecule has 0 saturated carbocycles. The molecule has 9 heteroatoms. The van der Waals surface area contributed by atoms with Crippen molar-refractivity contribution in [1.29, 1.82) is 0 Å². The van der Waals surface area contributed by atoms with E-state index in [4.69, 9.17) is 32.7 Å². The van der Waals surface area contributed by atoms with Crippen LogP contribution in [0, 0.1) is 0 Å². The maximum absolute atomic E-state index is 6.39. The number of aromatic nitrogens is 4. The Bertz CT molecular complexity index is 841. The van der Waals surface area contributed by atoms with Crippen LogP contribution in [-0.4, -0.2) is 27.2 Å². The fraction of sp³-hybridized carbons (Fsp3) is 0.235. The Morgan fingerprint density at radius 3 is 2.54 bits per heavy atom. The van der Waals surface area contributed by atoms with Crippen LogP contribution in [0.25, 0.3) is 0 Å². The second-order valence-electron chi connectivity index (χ2n) is 5.33. The first-order valence-corrected chi connectivity index (χ1v) is 8.71. The molecule has 0 bridgehead atoms. The van der Waals surface area contributed by atoms with Crippen LogP contribution >= 0.6 is 23.2 Å². The van der Waals surface area contributed by atoms with E-state index in [-0.39, 0.29) is 0 Å². The highest BCUT2D eigenvalue weighted by Gasteiger charge is 2.12. The number of hydrogen-bond donors (Lipinski definition) is 2. The normalized spacial score (nSPS) is 10.6. The van der Waals surface area contributed by atoms with Crippen LogP contribution in [0.4, 0.5) is 5.95 Å². The average Bonchev–Trinajstić information content (AvgIpc) is 3.15. The lowest BCUT2D eigenvalue weighted by atomic mass is 10.2. The molecule has 26 heavy (non-hydrogen) atoms. The molecule has 0 aliphatic heterocycles. The van der Waals surface area contributed by atoms with Crippen LogP contribution < -0.4 is 14.8 Å². The smallest absolute Gasteiger partial charge is 0.263 e. The molecule has 1 heterocycles. The predicted octanol–water partition coefficient (Wildman–Crippen LogP) is 4.10. The third-order valence-electron chi connectivity index (χ3n) is 3.50. The second kappa shape index (κ2) is 8.73. The van der Waals surface area contributed by atoms with Gasteiger partial charge in [-0.1, -0.05) is 40.4 Å². The van der Waals surface area contributed by atoms with Gasteiger partial charge in [0.1, 0.15) is 6.61 Å². The SMILES string of the molecule is CCOc1cc(CNc2nn[nH]n2)c(Cl)cc1OCc1ccc(Cl)cc1. The van der Waals surface area contributed by atoms with Gasteiger partial charge in [0.15, 0.2) is 11.5 Å². The number of hydrogen-bond acceptors (Lipinski definition) is 6. The molecular formula is C17H17Cl2N5O2. The molecule has 0 spiro atoms. The van der Waals surface area contributed by atoms with Crippen molar-refractivity contribution >= 4 is 29.2 Å². The van der Waals surface area contributed by atoms with Crippen molar-refractivity contribution < 1.29 is 9.47 Å². The van der Waals surface area contributed by atoms with E-state index in [0.717, 1.165) is 11.1 Å². The lowest BCUT2D eigenvalue weighted by Gasteiger charge is -2.15. The number of aromatic amines is 1. The fourth-order valence-electron chi connectivity index (χ4n) is 2.25. The van der Waals surface area contributed by atoms with Gasteiger partial charge in [0, 0.05) is 22.7 Å². The van der Waals surface area contributed by atoms with Crippen molar-refractivity contribution in [3.8, 4) is 11.5 Å². The average molecular weight is 394 g/mol. The molecule has 7 nitrogen and oxygen atoms in total. The Kier molecular flexibility index (Phi) is 6.14. The quantitative estimate of drug-likeness (QED) is 0.599. The molecule has 2 N–H and O–H groups in total. The van der Waals surface area contributed by atoms with E-state index >= 15 is 0 Å². The van der Waals surface area contributed by atoms with Crippen molar-refractivity contribution in [1.82, 2.24) is 20.6 Å². The minimum Gasteiger partial charge on any atom is -0.490 e. The molecule has 0 unspecified atom stereocenters. The van der Waals surface area contributed by atoms with Crippen LogP contribution in [0.2, 0.25) is 10.0 Å². The first-order chi connectivity index (χ1) is 12.7. The Balaban J connectivity index is 1.73. The summed E-state index contributed by atoms with van der Waals surface area (Å²) in [5.74, 6) is 1.59. The summed E-state index contributed by atoms with van der Waals surface area (Å²) in [6, 6.07) is 11.1. The van der Waals surface area contributed by atoms with Gasteiger partial charge < -0.3 is 14.8 Å². The fourth-order valence-corrected chi connectivity index (χ4v) is 2.59. The molecule has 0 amide bonds. The first kappa shape index (κ1) is 18.3. The molecule has 0 aliphatic rings. The van der Waals surface area contributed by atoms with Gasteiger partial charge in [0.05, 0.1) is 6.61 Å². The summed E-state index contributed by atoms with van der Waals surface area (Å²) in [4.78, 5) is 0. The van der Waals surface area contributed by atoms with Gasteiger partial charge in [-0.05, 0) is 41.5 Å². The minimum absolute atomic E-state index is 0.383. The van der Waals surface area contributed by atoms with E-state index in [1.807, 2.05) is 37.3 Å². The summed E-state index contributed by atoms with van der Waals surface area (Å²) >= 11 is 12.3. The number of halogens is 2. The number of anilines is 1. The Morgan fingerprint density at radius 2 is 1.85 bits per heavy atom. The Morgan fingerprint density at radius 1 is 1.08 bits per heavy atom. The molecule has 0 fully saturated rings. The van der Waals surface area contributed by atoms with Gasteiger partial charge in [0.25, 0.3) is 5.95 Å². The lowest BCUT2D eigenvalue weighted by Crippen LogP contribution is -2.05. The van der Waals surface area contributed by atoms with Gasteiger partial charge in [-0.15, -0.1) is 5.10 Å². The molecule has 0 saturated heterocycles. The highest BCUT2D eigenvalue weighted by atomic mass is 35.5. The molecule has 3 aromatic rings. The molecule has 136 valence electrons. The molecule has 3 rings (SSSR count). The predicted molar refractivity (Wildman–Crippen MR) is 99.9 cm³/mol. The van der Waals surface area contributed by atoms with Crippen LogP contribution in [0.5, 0.6) is 11.5 Å². The summed E-state index contributed by atoms with van der Waals surface area (Å²) in [5.41, 5.74) is 1.83. The Labute approximate surface area is 160 Å². The third kappa shape index (κ3) is 4.77.